The first-order valence-corrected chi connectivity index (χ1v) is 8.49. The van der Waals surface area contributed by atoms with Crippen LogP contribution in [0.2, 0.25) is 5.02 Å². The summed E-state index contributed by atoms with van der Waals surface area (Å²) in [5.41, 5.74) is -0.743. The Labute approximate surface area is 151 Å². The number of halogens is 1. The normalized spacial score (nSPS) is 19.4. The number of pyridine rings is 1. The first-order chi connectivity index (χ1) is 11.8. The Morgan fingerprint density at radius 1 is 1.32 bits per heavy atom. The van der Waals surface area contributed by atoms with Crippen molar-refractivity contribution in [2.24, 2.45) is 5.92 Å². The van der Waals surface area contributed by atoms with Gasteiger partial charge in [-0.1, -0.05) is 31.5 Å². The highest BCUT2D eigenvalue weighted by Gasteiger charge is 2.51. The third-order valence-electron chi connectivity index (χ3n) is 4.21. The minimum absolute atomic E-state index is 0.210. The van der Waals surface area contributed by atoms with E-state index in [2.05, 4.69) is 4.98 Å². The van der Waals surface area contributed by atoms with Gasteiger partial charge in [0.25, 0.3) is 5.91 Å². The summed E-state index contributed by atoms with van der Waals surface area (Å²) in [6, 6.07) is 9.90. The minimum atomic E-state index is -1.93. The number of amides is 1. The van der Waals surface area contributed by atoms with Crippen LogP contribution in [0.3, 0.4) is 0 Å². The second-order valence-electron chi connectivity index (χ2n) is 6.65. The Morgan fingerprint density at radius 3 is 2.72 bits per heavy atom. The number of carbonyl (C=O) groups is 2. The fourth-order valence-electron chi connectivity index (χ4n) is 3.09. The summed E-state index contributed by atoms with van der Waals surface area (Å²) in [7, 11) is 0. The second-order valence-corrected chi connectivity index (χ2v) is 7.08. The van der Waals surface area contributed by atoms with Gasteiger partial charge >= 0.3 is 0 Å². The van der Waals surface area contributed by atoms with Crippen molar-refractivity contribution in [1.29, 1.82) is 0 Å². The summed E-state index contributed by atoms with van der Waals surface area (Å²) in [4.78, 5) is 31.0. The number of aliphatic hydroxyl groups is 1. The van der Waals surface area contributed by atoms with E-state index in [9.17, 15) is 14.7 Å². The van der Waals surface area contributed by atoms with Gasteiger partial charge in [0.1, 0.15) is 5.69 Å². The molecule has 1 aromatic heterocycles. The molecule has 1 unspecified atom stereocenters. The zero-order valence-electron chi connectivity index (χ0n) is 14.1. The van der Waals surface area contributed by atoms with Crippen molar-refractivity contribution in [3.63, 3.8) is 0 Å². The number of fused-ring (bicyclic) bond motifs is 1. The summed E-state index contributed by atoms with van der Waals surface area (Å²) in [5, 5.41) is 11.6. The maximum Gasteiger partial charge on any atom is 0.264 e. The summed E-state index contributed by atoms with van der Waals surface area (Å²) >= 11 is 6.07. The number of Topliss-reactive ketones (excluding diaryl/α,β-unsaturated/α-hetero) is 1. The van der Waals surface area contributed by atoms with Crippen LogP contribution in [0.25, 0.3) is 0 Å². The van der Waals surface area contributed by atoms with Crippen LogP contribution in [-0.4, -0.2) is 28.3 Å². The van der Waals surface area contributed by atoms with Crippen molar-refractivity contribution in [2.75, 3.05) is 11.4 Å². The number of hydrogen-bond acceptors (Lipinski definition) is 4. The maximum absolute atomic E-state index is 13.0. The number of benzene rings is 1. The van der Waals surface area contributed by atoms with Crippen LogP contribution >= 0.6 is 11.6 Å². The molecule has 25 heavy (non-hydrogen) atoms. The quantitative estimate of drug-likeness (QED) is 0.833. The molecular formula is C19H19ClN2O3. The molecule has 2 aromatic rings. The molecule has 6 heteroatoms. The number of aromatic nitrogens is 1. The molecule has 0 radical (unpaired) electrons. The Hall–Kier alpha value is -2.24. The number of hydrogen-bond donors (Lipinski definition) is 1. The summed E-state index contributed by atoms with van der Waals surface area (Å²) < 4.78 is 0. The van der Waals surface area contributed by atoms with Crippen molar-refractivity contribution < 1.29 is 14.7 Å². The zero-order chi connectivity index (χ0) is 18.2. The van der Waals surface area contributed by atoms with Gasteiger partial charge in [-0.05, 0) is 36.2 Å². The monoisotopic (exact) mass is 358 g/mol. The van der Waals surface area contributed by atoms with Crippen LogP contribution in [-0.2, 0) is 10.4 Å². The number of rotatable bonds is 5. The van der Waals surface area contributed by atoms with E-state index in [4.69, 9.17) is 11.6 Å². The van der Waals surface area contributed by atoms with Gasteiger partial charge in [0.15, 0.2) is 11.4 Å². The first-order valence-electron chi connectivity index (χ1n) is 8.11. The van der Waals surface area contributed by atoms with E-state index < -0.39 is 17.3 Å². The predicted molar refractivity (Wildman–Crippen MR) is 95.7 cm³/mol. The molecule has 1 atom stereocenters. The number of anilines is 1. The van der Waals surface area contributed by atoms with Gasteiger partial charge in [0.05, 0.1) is 12.1 Å². The van der Waals surface area contributed by atoms with E-state index in [1.54, 1.807) is 36.4 Å². The molecule has 0 saturated heterocycles. The van der Waals surface area contributed by atoms with E-state index in [1.165, 1.54) is 11.1 Å². The van der Waals surface area contributed by atoms with Crippen LogP contribution in [0.15, 0.2) is 42.6 Å². The SMILES string of the molecule is CC(C)CN1C(=O)C(O)(CC(=O)c2ccccn2)c2cc(Cl)ccc21. The van der Waals surface area contributed by atoms with Gasteiger partial charge in [-0.2, -0.15) is 0 Å². The molecule has 3 rings (SSSR count). The summed E-state index contributed by atoms with van der Waals surface area (Å²) in [6.07, 6.45) is 1.13. The molecule has 5 nitrogen and oxygen atoms in total. The van der Waals surface area contributed by atoms with E-state index in [-0.39, 0.29) is 18.0 Å². The lowest BCUT2D eigenvalue weighted by atomic mass is 9.89. The molecule has 0 saturated carbocycles. The van der Waals surface area contributed by atoms with Crippen LogP contribution in [0, 0.1) is 5.92 Å². The van der Waals surface area contributed by atoms with Gasteiger partial charge in [0.2, 0.25) is 0 Å². The molecule has 1 aliphatic rings. The van der Waals surface area contributed by atoms with Gasteiger partial charge in [-0.15, -0.1) is 0 Å². The summed E-state index contributed by atoms with van der Waals surface area (Å²) in [5.74, 6) is -0.683. The Morgan fingerprint density at radius 2 is 2.08 bits per heavy atom. The lowest BCUT2D eigenvalue weighted by Crippen LogP contribution is -2.43. The largest absolute Gasteiger partial charge is 0.375 e. The smallest absolute Gasteiger partial charge is 0.264 e. The van der Waals surface area contributed by atoms with Gasteiger partial charge in [-0.25, -0.2) is 0 Å². The van der Waals surface area contributed by atoms with Crippen molar-refractivity contribution in [1.82, 2.24) is 4.98 Å². The minimum Gasteiger partial charge on any atom is -0.375 e. The van der Waals surface area contributed by atoms with Crippen molar-refractivity contribution in [3.8, 4) is 0 Å². The van der Waals surface area contributed by atoms with E-state index in [0.717, 1.165) is 0 Å². The van der Waals surface area contributed by atoms with Crippen LogP contribution in [0.5, 0.6) is 0 Å². The number of nitrogens with zero attached hydrogens (tertiary/aromatic N) is 2. The molecule has 0 spiro atoms. The molecule has 0 aliphatic carbocycles. The molecule has 2 heterocycles. The fraction of sp³-hybridized carbons (Fsp3) is 0.316. The lowest BCUT2D eigenvalue weighted by molar-refractivity contribution is -0.136. The highest BCUT2D eigenvalue weighted by Crippen LogP contribution is 2.44. The molecule has 1 aliphatic heterocycles. The lowest BCUT2D eigenvalue weighted by Gasteiger charge is -2.23. The molecule has 0 fully saturated rings. The van der Waals surface area contributed by atoms with Crippen molar-refractivity contribution in [3.05, 3.63) is 58.9 Å². The highest BCUT2D eigenvalue weighted by molar-refractivity contribution is 6.31. The van der Waals surface area contributed by atoms with E-state index in [0.29, 0.717) is 22.8 Å². The molecule has 0 bridgehead atoms. The van der Waals surface area contributed by atoms with Crippen LogP contribution in [0.4, 0.5) is 5.69 Å². The Bertz CT molecular complexity index is 823. The zero-order valence-corrected chi connectivity index (χ0v) is 14.8. The third-order valence-corrected chi connectivity index (χ3v) is 4.44. The predicted octanol–water partition coefficient (Wildman–Crippen LogP) is 3.20. The third kappa shape index (κ3) is 3.17. The molecule has 1 amide bonds. The molecule has 130 valence electrons. The van der Waals surface area contributed by atoms with Crippen molar-refractivity contribution >= 4 is 29.0 Å². The van der Waals surface area contributed by atoms with E-state index in [1.807, 2.05) is 13.8 Å². The Kier molecular flexibility index (Phi) is 4.62. The highest BCUT2D eigenvalue weighted by atomic mass is 35.5. The average Bonchev–Trinajstić information content (AvgIpc) is 2.77. The van der Waals surface area contributed by atoms with Crippen LogP contribution in [0.1, 0.15) is 36.3 Å². The standard InChI is InChI=1S/C19H19ClN2O3/c1-12(2)11-22-16-7-6-13(20)9-14(16)19(25,18(22)24)10-17(23)15-5-3-4-8-21-15/h3-9,12,25H,10-11H2,1-2H3. The number of ketones is 1. The molecule has 1 N–H and O–H groups in total. The van der Waals surface area contributed by atoms with Crippen molar-refractivity contribution in [2.45, 2.75) is 25.9 Å². The van der Waals surface area contributed by atoms with Gasteiger partial charge in [0, 0.05) is 23.3 Å². The van der Waals surface area contributed by atoms with Gasteiger partial charge in [-0.3, -0.25) is 14.6 Å². The molecule has 1 aromatic carbocycles. The second kappa shape index (κ2) is 6.58. The maximum atomic E-state index is 13.0. The topological polar surface area (TPSA) is 70.5 Å². The van der Waals surface area contributed by atoms with E-state index >= 15 is 0 Å². The average molecular weight is 359 g/mol. The Balaban J connectivity index is 2.01. The van der Waals surface area contributed by atoms with Gasteiger partial charge < -0.3 is 10.0 Å². The first kappa shape index (κ1) is 17.6. The van der Waals surface area contributed by atoms with Crippen LogP contribution < -0.4 is 4.90 Å². The summed E-state index contributed by atoms with van der Waals surface area (Å²) in [6.45, 7) is 4.42. The number of carbonyl (C=O) groups excluding carboxylic acids is 2. The fourth-order valence-corrected chi connectivity index (χ4v) is 3.26. The molecular weight excluding hydrogens is 340 g/mol.